The Kier molecular flexibility index (Phi) is 7.68. The second kappa shape index (κ2) is 11.1. The SMILES string of the molecule is COc1ccc(-c2cc(N(C(=O)c3ccc(OC)c(OC)c3)c3ccccc3)ccc2C(C)(C)C#N)cc1. The number of anilines is 2. The predicted molar refractivity (Wildman–Crippen MR) is 150 cm³/mol. The highest BCUT2D eigenvalue weighted by Crippen LogP contribution is 2.39. The fourth-order valence-corrected chi connectivity index (χ4v) is 4.34. The molecule has 1 amide bonds. The van der Waals surface area contributed by atoms with E-state index in [1.54, 1.807) is 37.3 Å². The highest BCUT2D eigenvalue weighted by atomic mass is 16.5. The van der Waals surface area contributed by atoms with Crippen molar-refractivity contribution in [2.75, 3.05) is 26.2 Å². The molecule has 0 fully saturated rings. The van der Waals surface area contributed by atoms with E-state index in [9.17, 15) is 10.1 Å². The van der Waals surface area contributed by atoms with Crippen molar-refractivity contribution in [1.29, 1.82) is 5.26 Å². The van der Waals surface area contributed by atoms with E-state index in [1.807, 2.05) is 86.6 Å². The molecule has 0 radical (unpaired) electrons. The van der Waals surface area contributed by atoms with E-state index in [4.69, 9.17) is 14.2 Å². The molecular weight excluding hydrogens is 476 g/mol. The first-order chi connectivity index (χ1) is 18.3. The molecule has 6 nitrogen and oxygen atoms in total. The van der Waals surface area contributed by atoms with Gasteiger partial charge in [0.1, 0.15) is 5.75 Å². The Morgan fingerprint density at radius 3 is 2.05 bits per heavy atom. The van der Waals surface area contributed by atoms with Crippen molar-refractivity contribution in [1.82, 2.24) is 0 Å². The average Bonchev–Trinajstić information content (AvgIpc) is 2.97. The third-order valence-corrected chi connectivity index (χ3v) is 6.46. The summed E-state index contributed by atoms with van der Waals surface area (Å²) in [5.41, 5.74) is 3.70. The summed E-state index contributed by atoms with van der Waals surface area (Å²) in [6.07, 6.45) is 0. The molecule has 0 bridgehead atoms. The van der Waals surface area contributed by atoms with Gasteiger partial charge in [-0.1, -0.05) is 36.4 Å². The molecule has 0 aliphatic heterocycles. The third kappa shape index (κ3) is 5.18. The van der Waals surface area contributed by atoms with Gasteiger partial charge in [0.05, 0.1) is 32.8 Å². The van der Waals surface area contributed by atoms with Crippen molar-refractivity contribution >= 4 is 17.3 Å². The van der Waals surface area contributed by atoms with Gasteiger partial charge in [-0.15, -0.1) is 0 Å². The predicted octanol–water partition coefficient (Wildman–Crippen LogP) is 7.16. The van der Waals surface area contributed by atoms with Crippen LogP contribution in [-0.4, -0.2) is 27.2 Å². The Labute approximate surface area is 223 Å². The second-order valence-corrected chi connectivity index (χ2v) is 9.24. The first-order valence-corrected chi connectivity index (χ1v) is 12.1. The van der Waals surface area contributed by atoms with Crippen LogP contribution in [0, 0.1) is 11.3 Å². The van der Waals surface area contributed by atoms with Crippen molar-refractivity contribution in [3.63, 3.8) is 0 Å². The van der Waals surface area contributed by atoms with Crippen LogP contribution in [0.5, 0.6) is 17.2 Å². The summed E-state index contributed by atoms with van der Waals surface area (Å²) in [5.74, 6) is 1.52. The fourth-order valence-electron chi connectivity index (χ4n) is 4.34. The first-order valence-electron chi connectivity index (χ1n) is 12.1. The zero-order chi connectivity index (χ0) is 27.3. The number of nitriles is 1. The molecule has 0 atom stereocenters. The molecule has 0 aliphatic rings. The summed E-state index contributed by atoms with van der Waals surface area (Å²) in [6, 6.07) is 30.4. The van der Waals surface area contributed by atoms with Crippen molar-refractivity contribution in [2.24, 2.45) is 0 Å². The second-order valence-electron chi connectivity index (χ2n) is 9.24. The lowest BCUT2D eigenvalue weighted by Gasteiger charge is -2.27. The van der Waals surface area contributed by atoms with Crippen LogP contribution >= 0.6 is 0 Å². The van der Waals surface area contributed by atoms with Crippen LogP contribution in [0.15, 0.2) is 91.0 Å². The van der Waals surface area contributed by atoms with Gasteiger partial charge in [-0.2, -0.15) is 5.26 Å². The Hall–Kier alpha value is -4.76. The lowest BCUT2D eigenvalue weighted by atomic mass is 9.81. The number of hydrogen-bond donors (Lipinski definition) is 0. The summed E-state index contributed by atoms with van der Waals surface area (Å²) >= 11 is 0. The van der Waals surface area contributed by atoms with E-state index < -0.39 is 5.41 Å². The quantitative estimate of drug-likeness (QED) is 0.254. The molecule has 0 spiro atoms. The standard InChI is InChI=1S/C32H30N2O4/c1-32(2,21-33)28-17-14-25(20-27(28)22-11-15-26(36-3)16-12-22)34(24-9-7-6-8-10-24)31(35)23-13-18-29(37-4)30(19-23)38-5/h6-20H,1-5H3. The summed E-state index contributed by atoms with van der Waals surface area (Å²) in [4.78, 5) is 15.7. The molecule has 4 aromatic carbocycles. The van der Waals surface area contributed by atoms with Gasteiger partial charge in [0, 0.05) is 16.9 Å². The highest BCUT2D eigenvalue weighted by Gasteiger charge is 2.27. The number of amides is 1. The van der Waals surface area contributed by atoms with Crippen LogP contribution in [0.1, 0.15) is 29.8 Å². The number of para-hydroxylation sites is 1. The van der Waals surface area contributed by atoms with E-state index in [2.05, 4.69) is 6.07 Å². The molecule has 0 heterocycles. The minimum atomic E-state index is -0.751. The van der Waals surface area contributed by atoms with Gasteiger partial charge in [-0.05, 0) is 85.1 Å². The van der Waals surface area contributed by atoms with E-state index in [0.717, 1.165) is 22.4 Å². The van der Waals surface area contributed by atoms with Crippen molar-refractivity contribution in [3.05, 3.63) is 102 Å². The molecule has 6 heteroatoms. The number of carbonyl (C=O) groups excluding carboxylic acids is 1. The van der Waals surface area contributed by atoms with Gasteiger partial charge >= 0.3 is 0 Å². The van der Waals surface area contributed by atoms with E-state index in [1.165, 1.54) is 7.11 Å². The maximum absolute atomic E-state index is 14.0. The molecule has 4 aromatic rings. The Balaban J connectivity index is 1.91. The minimum Gasteiger partial charge on any atom is -0.497 e. The van der Waals surface area contributed by atoms with Crippen LogP contribution < -0.4 is 19.1 Å². The van der Waals surface area contributed by atoms with Gasteiger partial charge in [-0.25, -0.2) is 0 Å². The van der Waals surface area contributed by atoms with Crippen LogP contribution in [0.3, 0.4) is 0 Å². The number of benzene rings is 4. The van der Waals surface area contributed by atoms with E-state index >= 15 is 0 Å². The molecule has 0 aromatic heterocycles. The zero-order valence-electron chi connectivity index (χ0n) is 22.2. The molecule has 192 valence electrons. The normalized spacial score (nSPS) is 10.8. The summed E-state index contributed by atoms with van der Waals surface area (Å²) < 4.78 is 16.1. The molecule has 4 rings (SSSR count). The Morgan fingerprint density at radius 2 is 1.45 bits per heavy atom. The molecule has 38 heavy (non-hydrogen) atoms. The number of rotatable bonds is 8. The summed E-state index contributed by atoms with van der Waals surface area (Å²) in [7, 11) is 4.72. The topological polar surface area (TPSA) is 71.8 Å². The number of ether oxygens (including phenoxy) is 3. The molecule has 0 aliphatic carbocycles. The van der Waals surface area contributed by atoms with E-state index in [-0.39, 0.29) is 5.91 Å². The maximum Gasteiger partial charge on any atom is 0.262 e. The zero-order valence-corrected chi connectivity index (χ0v) is 22.2. The van der Waals surface area contributed by atoms with Crippen molar-refractivity contribution < 1.29 is 19.0 Å². The lowest BCUT2D eigenvalue weighted by Crippen LogP contribution is -2.26. The maximum atomic E-state index is 14.0. The van der Waals surface area contributed by atoms with Gasteiger partial charge in [0.15, 0.2) is 11.5 Å². The largest absolute Gasteiger partial charge is 0.497 e. The average molecular weight is 507 g/mol. The Morgan fingerprint density at radius 1 is 0.763 bits per heavy atom. The summed E-state index contributed by atoms with van der Waals surface area (Å²) in [6.45, 7) is 3.78. The Bertz CT molecular complexity index is 1470. The third-order valence-electron chi connectivity index (χ3n) is 6.46. The molecule has 0 unspecified atom stereocenters. The minimum absolute atomic E-state index is 0.231. The van der Waals surface area contributed by atoms with Crippen LogP contribution in [-0.2, 0) is 5.41 Å². The van der Waals surface area contributed by atoms with Crippen molar-refractivity contribution in [2.45, 2.75) is 19.3 Å². The summed E-state index contributed by atoms with van der Waals surface area (Å²) in [5, 5.41) is 9.93. The number of hydrogen-bond acceptors (Lipinski definition) is 5. The van der Waals surface area contributed by atoms with Crippen LogP contribution in [0.2, 0.25) is 0 Å². The number of carbonyl (C=O) groups is 1. The molecule has 0 saturated carbocycles. The number of methoxy groups -OCH3 is 3. The smallest absolute Gasteiger partial charge is 0.262 e. The van der Waals surface area contributed by atoms with Gasteiger partial charge in [0.25, 0.3) is 5.91 Å². The van der Waals surface area contributed by atoms with Gasteiger partial charge in [-0.3, -0.25) is 9.69 Å². The first kappa shape index (κ1) is 26.3. The van der Waals surface area contributed by atoms with Gasteiger partial charge < -0.3 is 14.2 Å². The lowest BCUT2D eigenvalue weighted by molar-refractivity contribution is 0.0999. The van der Waals surface area contributed by atoms with Crippen LogP contribution in [0.4, 0.5) is 11.4 Å². The highest BCUT2D eigenvalue weighted by molar-refractivity contribution is 6.11. The van der Waals surface area contributed by atoms with Gasteiger partial charge in [0.2, 0.25) is 0 Å². The van der Waals surface area contributed by atoms with Crippen LogP contribution in [0.25, 0.3) is 11.1 Å². The monoisotopic (exact) mass is 506 g/mol. The molecular formula is C32H30N2O4. The van der Waals surface area contributed by atoms with E-state index in [0.29, 0.717) is 28.4 Å². The molecule has 0 saturated heterocycles. The molecule has 0 N–H and O–H groups in total. The van der Waals surface area contributed by atoms with Crippen molar-refractivity contribution in [3.8, 4) is 34.4 Å². The number of nitrogens with zero attached hydrogens (tertiary/aromatic N) is 2. The fraction of sp³-hybridized carbons (Fsp3) is 0.188.